The third-order valence-electron chi connectivity index (χ3n) is 3.03. The van der Waals surface area contributed by atoms with Crippen molar-refractivity contribution in [3.63, 3.8) is 0 Å². The molecule has 1 atom stereocenters. The highest BCUT2D eigenvalue weighted by Gasteiger charge is 2.34. The van der Waals surface area contributed by atoms with Crippen molar-refractivity contribution < 1.29 is 18.3 Å². The van der Waals surface area contributed by atoms with Gasteiger partial charge in [-0.25, -0.2) is 8.42 Å². The van der Waals surface area contributed by atoms with Gasteiger partial charge in [-0.1, -0.05) is 30.3 Å². The first kappa shape index (κ1) is 15.7. The van der Waals surface area contributed by atoms with Gasteiger partial charge in [0.2, 0.25) is 0 Å². The summed E-state index contributed by atoms with van der Waals surface area (Å²) in [5.74, 6) is -2.32. The van der Waals surface area contributed by atoms with Crippen molar-refractivity contribution in [2.24, 2.45) is 5.92 Å². The van der Waals surface area contributed by atoms with Crippen LogP contribution in [0.1, 0.15) is 26.3 Å². The molecular weight excluding hydrogens is 264 g/mol. The van der Waals surface area contributed by atoms with Crippen molar-refractivity contribution in [1.82, 2.24) is 0 Å². The molecule has 19 heavy (non-hydrogen) atoms. The molecule has 106 valence electrons. The van der Waals surface area contributed by atoms with Crippen LogP contribution in [0.4, 0.5) is 0 Å². The highest BCUT2D eigenvalue weighted by Crippen LogP contribution is 2.21. The second-order valence-corrected chi connectivity index (χ2v) is 8.41. The number of carboxylic acids is 1. The van der Waals surface area contributed by atoms with Crippen LogP contribution in [0.15, 0.2) is 30.3 Å². The third kappa shape index (κ3) is 4.35. The number of benzene rings is 1. The molecule has 0 aliphatic heterocycles. The van der Waals surface area contributed by atoms with E-state index < -0.39 is 26.5 Å². The first-order chi connectivity index (χ1) is 8.63. The van der Waals surface area contributed by atoms with Crippen LogP contribution in [-0.2, 0) is 21.1 Å². The quantitative estimate of drug-likeness (QED) is 0.899. The van der Waals surface area contributed by atoms with E-state index in [4.69, 9.17) is 0 Å². The molecular formula is C14H20O4S. The molecule has 1 N–H and O–H groups in total. The predicted octanol–water partition coefficient (Wildman–Crippen LogP) is 2.14. The summed E-state index contributed by atoms with van der Waals surface area (Å²) in [6.07, 6.45) is 0.228. The number of sulfone groups is 1. The molecule has 0 fully saturated rings. The Morgan fingerprint density at radius 3 is 2.16 bits per heavy atom. The van der Waals surface area contributed by atoms with Gasteiger partial charge in [0, 0.05) is 0 Å². The lowest BCUT2D eigenvalue weighted by Gasteiger charge is -2.22. The van der Waals surface area contributed by atoms with Crippen LogP contribution in [0.3, 0.4) is 0 Å². The predicted molar refractivity (Wildman–Crippen MR) is 74.8 cm³/mol. The Labute approximate surface area is 114 Å². The highest BCUT2D eigenvalue weighted by atomic mass is 32.2. The Balaban J connectivity index is 2.90. The number of carboxylic acid groups (broad SMARTS) is 1. The third-order valence-corrected chi connectivity index (χ3v) is 5.74. The zero-order chi connectivity index (χ0) is 14.7. The average Bonchev–Trinajstić information content (AvgIpc) is 2.27. The van der Waals surface area contributed by atoms with Gasteiger partial charge in [-0.2, -0.15) is 0 Å². The van der Waals surface area contributed by atoms with Gasteiger partial charge >= 0.3 is 5.97 Å². The zero-order valence-corrected chi connectivity index (χ0v) is 12.3. The van der Waals surface area contributed by atoms with E-state index in [1.807, 2.05) is 18.2 Å². The van der Waals surface area contributed by atoms with Gasteiger partial charge in [-0.3, -0.25) is 4.79 Å². The van der Waals surface area contributed by atoms with E-state index >= 15 is 0 Å². The minimum atomic E-state index is -3.44. The van der Waals surface area contributed by atoms with Gasteiger partial charge in [0.15, 0.2) is 9.84 Å². The van der Waals surface area contributed by atoms with Crippen molar-refractivity contribution in [1.29, 1.82) is 0 Å². The van der Waals surface area contributed by atoms with E-state index in [9.17, 15) is 18.3 Å². The molecule has 0 saturated carbocycles. The lowest BCUT2D eigenvalue weighted by atomic mass is 10.0. The number of hydrogen-bond acceptors (Lipinski definition) is 3. The van der Waals surface area contributed by atoms with Crippen molar-refractivity contribution >= 4 is 15.8 Å². The minimum Gasteiger partial charge on any atom is -0.481 e. The molecule has 0 bridgehead atoms. The van der Waals surface area contributed by atoms with E-state index in [1.165, 1.54) is 0 Å². The van der Waals surface area contributed by atoms with Gasteiger partial charge in [-0.15, -0.1) is 0 Å². The van der Waals surface area contributed by atoms with E-state index in [-0.39, 0.29) is 12.2 Å². The number of carbonyl (C=O) groups is 1. The van der Waals surface area contributed by atoms with Crippen molar-refractivity contribution in [2.75, 3.05) is 5.75 Å². The van der Waals surface area contributed by atoms with Crippen LogP contribution in [0, 0.1) is 5.92 Å². The van der Waals surface area contributed by atoms with Gasteiger partial charge in [0.1, 0.15) is 0 Å². The Morgan fingerprint density at radius 2 is 1.74 bits per heavy atom. The molecule has 0 aliphatic carbocycles. The summed E-state index contributed by atoms with van der Waals surface area (Å²) in [5, 5.41) is 9.20. The van der Waals surface area contributed by atoms with Crippen molar-refractivity contribution in [2.45, 2.75) is 31.9 Å². The van der Waals surface area contributed by atoms with Crippen molar-refractivity contribution in [3.05, 3.63) is 35.9 Å². The molecule has 0 spiro atoms. The van der Waals surface area contributed by atoms with E-state index in [2.05, 4.69) is 0 Å². The van der Waals surface area contributed by atoms with E-state index in [1.54, 1.807) is 32.9 Å². The lowest BCUT2D eigenvalue weighted by molar-refractivity contribution is -0.140. The molecule has 0 amide bonds. The van der Waals surface area contributed by atoms with Gasteiger partial charge in [-0.05, 0) is 32.8 Å². The Morgan fingerprint density at radius 1 is 1.21 bits per heavy atom. The monoisotopic (exact) mass is 284 g/mol. The zero-order valence-electron chi connectivity index (χ0n) is 11.5. The molecule has 0 aliphatic rings. The summed E-state index contributed by atoms with van der Waals surface area (Å²) >= 11 is 0. The van der Waals surface area contributed by atoms with E-state index in [0.29, 0.717) is 0 Å². The number of aliphatic carboxylic acids is 1. The SMILES string of the molecule is CC(C)(C)S(=O)(=O)C[C@H](Cc1ccccc1)C(=O)O. The molecule has 4 nitrogen and oxygen atoms in total. The Bertz CT molecular complexity index is 526. The molecule has 5 heteroatoms. The first-order valence-electron chi connectivity index (χ1n) is 6.12. The molecule has 1 rings (SSSR count). The fourth-order valence-corrected chi connectivity index (χ4v) is 2.92. The van der Waals surface area contributed by atoms with Crippen LogP contribution < -0.4 is 0 Å². The molecule has 0 unspecified atom stereocenters. The minimum absolute atomic E-state index is 0.228. The lowest BCUT2D eigenvalue weighted by Crippen LogP contribution is -2.36. The van der Waals surface area contributed by atoms with Crippen LogP contribution in [0.2, 0.25) is 0 Å². The van der Waals surface area contributed by atoms with Gasteiger partial charge < -0.3 is 5.11 Å². The second kappa shape index (κ2) is 5.74. The number of rotatable bonds is 5. The average molecular weight is 284 g/mol. The smallest absolute Gasteiger partial charge is 0.307 e. The molecule has 0 heterocycles. The molecule has 0 radical (unpaired) electrons. The standard InChI is InChI=1S/C14H20O4S/c1-14(2,3)19(17,18)10-12(13(15)16)9-11-7-5-4-6-8-11/h4-8,12H,9-10H2,1-3H3,(H,15,16)/t12-/m0/s1. The fourth-order valence-electron chi connectivity index (χ4n) is 1.63. The summed E-state index contributed by atoms with van der Waals surface area (Å²) in [7, 11) is -3.44. The largest absolute Gasteiger partial charge is 0.481 e. The maximum absolute atomic E-state index is 12.1. The van der Waals surface area contributed by atoms with Crippen molar-refractivity contribution in [3.8, 4) is 0 Å². The summed E-state index contributed by atoms with van der Waals surface area (Å²) in [6.45, 7) is 4.76. The van der Waals surface area contributed by atoms with Crippen LogP contribution >= 0.6 is 0 Å². The highest BCUT2D eigenvalue weighted by molar-refractivity contribution is 7.92. The fraction of sp³-hybridized carbons (Fsp3) is 0.500. The maximum atomic E-state index is 12.1. The molecule has 0 saturated heterocycles. The summed E-state index contributed by atoms with van der Waals surface area (Å²) in [6, 6.07) is 9.07. The van der Waals surface area contributed by atoms with Gasteiger partial charge in [0.25, 0.3) is 0 Å². The van der Waals surface area contributed by atoms with Crippen LogP contribution in [0.25, 0.3) is 0 Å². The topological polar surface area (TPSA) is 71.4 Å². The summed E-state index contributed by atoms with van der Waals surface area (Å²) in [4.78, 5) is 11.2. The number of hydrogen-bond donors (Lipinski definition) is 1. The van der Waals surface area contributed by atoms with Gasteiger partial charge in [0.05, 0.1) is 16.4 Å². The molecule has 1 aromatic rings. The van der Waals surface area contributed by atoms with E-state index in [0.717, 1.165) is 5.56 Å². The van der Waals surface area contributed by atoms with Crippen LogP contribution in [0.5, 0.6) is 0 Å². The first-order valence-corrected chi connectivity index (χ1v) is 7.78. The summed E-state index contributed by atoms with van der Waals surface area (Å²) < 4.78 is 23.3. The normalized spacial score (nSPS) is 14.1. The molecule has 0 aromatic heterocycles. The van der Waals surface area contributed by atoms with Crippen LogP contribution in [-0.4, -0.2) is 30.0 Å². The Hall–Kier alpha value is -1.36. The Kier molecular flexibility index (Phi) is 4.74. The maximum Gasteiger partial charge on any atom is 0.307 e. The molecule has 1 aromatic carbocycles. The summed E-state index contributed by atoms with van der Waals surface area (Å²) in [5.41, 5.74) is 0.832. The second-order valence-electron chi connectivity index (χ2n) is 5.62.